The first-order valence-electron chi connectivity index (χ1n) is 13.5. The summed E-state index contributed by atoms with van der Waals surface area (Å²) in [6, 6.07) is 7.01. The molecule has 0 radical (unpaired) electrons. The van der Waals surface area contributed by atoms with Gasteiger partial charge in [-0.25, -0.2) is 4.79 Å². The summed E-state index contributed by atoms with van der Waals surface area (Å²) < 4.78 is 17.7. The number of methoxy groups -OCH3 is 1. The van der Waals surface area contributed by atoms with Gasteiger partial charge in [0.05, 0.1) is 12.2 Å². The summed E-state index contributed by atoms with van der Waals surface area (Å²) in [6.07, 6.45) is 3.16. The molecule has 1 aliphatic carbocycles. The average molecular weight is 547 g/mol. The van der Waals surface area contributed by atoms with E-state index in [0.29, 0.717) is 18.5 Å². The number of benzene rings is 1. The number of carboxylic acids is 1. The molecule has 0 bridgehead atoms. The third-order valence-corrected chi connectivity index (χ3v) is 7.62. The predicted molar refractivity (Wildman–Crippen MR) is 145 cm³/mol. The number of aliphatic carboxylic acids is 1. The van der Waals surface area contributed by atoms with E-state index in [1.807, 2.05) is 6.92 Å². The number of epoxide rings is 1. The summed E-state index contributed by atoms with van der Waals surface area (Å²) in [6.45, 7) is 6.39. The number of aliphatic hydroxyl groups excluding tert-OH is 1. The lowest BCUT2D eigenvalue weighted by Crippen LogP contribution is -2.54. The Labute approximate surface area is 230 Å². The maximum Gasteiger partial charge on any atom is 0.407 e. The minimum atomic E-state index is -0.927. The Morgan fingerprint density at radius 1 is 1.18 bits per heavy atom. The van der Waals surface area contributed by atoms with Crippen molar-refractivity contribution in [1.29, 1.82) is 0 Å². The number of ether oxygens (including phenoxy) is 3. The van der Waals surface area contributed by atoms with Crippen LogP contribution in [0.25, 0.3) is 0 Å². The standard InChI is InChI=1S/C29H42N2O8/c1-18(2)8-13-21-27(38-21)25-26(37-4)22(14-15-29(25,3)17-32)39-28(36)30-16-19-9-11-20(12-10-19)31-23(33)6-5-7-24(34)35/h8-12,21-22,25-27,32H,5-7,13-17H2,1-4H3,(H,30,36)(H,31,33)(H,34,35)/t21?,22-,25-,26-,27+,29-/m1/s1. The van der Waals surface area contributed by atoms with Gasteiger partial charge in [0.2, 0.25) is 5.91 Å². The Balaban J connectivity index is 1.51. The van der Waals surface area contributed by atoms with E-state index in [4.69, 9.17) is 19.3 Å². The molecule has 1 saturated carbocycles. The van der Waals surface area contributed by atoms with Crippen LogP contribution in [-0.2, 0) is 30.3 Å². The summed E-state index contributed by atoms with van der Waals surface area (Å²) in [5.74, 6) is -1.29. The topological polar surface area (TPSA) is 147 Å². The van der Waals surface area contributed by atoms with Gasteiger partial charge >= 0.3 is 12.1 Å². The van der Waals surface area contributed by atoms with Crippen molar-refractivity contribution in [3.05, 3.63) is 41.5 Å². The van der Waals surface area contributed by atoms with E-state index in [2.05, 4.69) is 30.6 Å². The zero-order valence-electron chi connectivity index (χ0n) is 23.3. The van der Waals surface area contributed by atoms with Crippen LogP contribution in [0.15, 0.2) is 35.9 Å². The van der Waals surface area contributed by atoms with Gasteiger partial charge in [-0.05, 0) is 62.6 Å². The van der Waals surface area contributed by atoms with Crippen LogP contribution in [0.4, 0.5) is 10.5 Å². The number of alkyl carbamates (subject to hydrolysis) is 1. The Bertz CT molecular complexity index is 1020. The Morgan fingerprint density at radius 3 is 2.51 bits per heavy atom. The highest BCUT2D eigenvalue weighted by Crippen LogP contribution is 2.51. The number of hydrogen-bond acceptors (Lipinski definition) is 7. The van der Waals surface area contributed by atoms with E-state index in [-0.39, 0.29) is 56.4 Å². The van der Waals surface area contributed by atoms with Crippen molar-refractivity contribution in [3.8, 4) is 0 Å². The van der Waals surface area contributed by atoms with E-state index < -0.39 is 29.7 Å². The minimum Gasteiger partial charge on any atom is -0.481 e. The Hall–Kier alpha value is -2.95. The van der Waals surface area contributed by atoms with Crippen LogP contribution in [0.3, 0.4) is 0 Å². The van der Waals surface area contributed by atoms with Crippen LogP contribution in [0, 0.1) is 11.3 Å². The maximum absolute atomic E-state index is 12.7. The van der Waals surface area contributed by atoms with Crippen molar-refractivity contribution in [2.45, 2.75) is 90.3 Å². The molecule has 3 rings (SSSR count). The van der Waals surface area contributed by atoms with Gasteiger partial charge in [-0.1, -0.05) is 30.7 Å². The van der Waals surface area contributed by atoms with Crippen molar-refractivity contribution in [3.63, 3.8) is 0 Å². The van der Waals surface area contributed by atoms with Gasteiger partial charge in [0.1, 0.15) is 12.2 Å². The van der Waals surface area contributed by atoms with Gasteiger partial charge < -0.3 is 35.1 Å². The van der Waals surface area contributed by atoms with Crippen molar-refractivity contribution < 1.29 is 38.8 Å². The second-order valence-electron chi connectivity index (χ2n) is 11.0. The highest BCUT2D eigenvalue weighted by atomic mass is 16.6. The van der Waals surface area contributed by atoms with E-state index in [9.17, 15) is 19.5 Å². The zero-order valence-corrected chi connectivity index (χ0v) is 23.3. The molecule has 2 aliphatic rings. The molecule has 1 heterocycles. The molecular formula is C29H42N2O8. The Kier molecular flexibility index (Phi) is 10.9. The smallest absolute Gasteiger partial charge is 0.407 e. The number of hydrogen-bond donors (Lipinski definition) is 4. The van der Waals surface area contributed by atoms with E-state index in [1.165, 1.54) is 5.57 Å². The molecule has 1 aromatic carbocycles. The molecule has 10 nitrogen and oxygen atoms in total. The molecule has 1 saturated heterocycles. The minimum absolute atomic E-state index is 0.00442. The first-order valence-corrected chi connectivity index (χ1v) is 13.5. The average Bonchev–Trinajstić information content (AvgIpc) is 3.66. The molecule has 2 amide bonds. The molecule has 1 unspecified atom stereocenters. The van der Waals surface area contributed by atoms with E-state index in [0.717, 1.165) is 12.0 Å². The number of amides is 2. The fourth-order valence-electron chi connectivity index (χ4n) is 5.32. The summed E-state index contributed by atoms with van der Waals surface area (Å²) in [7, 11) is 1.61. The molecule has 0 aromatic heterocycles. The lowest BCUT2D eigenvalue weighted by atomic mass is 9.63. The van der Waals surface area contributed by atoms with Gasteiger partial charge in [-0.3, -0.25) is 9.59 Å². The molecule has 39 heavy (non-hydrogen) atoms. The van der Waals surface area contributed by atoms with E-state index >= 15 is 0 Å². The largest absolute Gasteiger partial charge is 0.481 e. The molecule has 4 N–H and O–H groups in total. The molecule has 0 spiro atoms. The van der Waals surface area contributed by atoms with Gasteiger partial charge in [-0.15, -0.1) is 0 Å². The van der Waals surface area contributed by atoms with Crippen LogP contribution < -0.4 is 10.6 Å². The number of nitrogens with one attached hydrogen (secondary N) is 2. The van der Waals surface area contributed by atoms with Crippen LogP contribution in [0.5, 0.6) is 0 Å². The van der Waals surface area contributed by atoms with Gasteiger partial charge in [0.25, 0.3) is 0 Å². The normalized spacial score (nSPS) is 27.8. The van der Waals surface area contributed by atoms with Crippen molar-refractivity contribution >= 4 is 23.7 Å². The lowest BCUT2D eigenvalue weighted by Gasteiger charge is -2.47. The predicted octanol–water partition coefficient (Wildman–Crippen LogP) is 4.02. The summed E-state index contributed by atoms with van der Waals surface area (Å²) in [5.41, 5.74) is 2.25. The number of rotatable bonds is 13. The Morgan fingerprint density at radius 2 is 1.90 bits per heavy atom. The molecule has 6 atom stereocenters. The highest BCUT2D eigenvalue weighted by Gasteiger charge is 2.58. The van der Waals surface area contributed by atoms with Gasteiger partial charge in [-0.2, -0.15) is 0 Å². The molecular weight excluding hydrogens is 504 g/mol. The van der Waals surface area contributed by atoms with Crippen LogP contribution in [0.1, 0.15) is 64.9 Å². The first-order chi connectivity index (χ1) is 18.6. The van der Waals surface area contributed by atoms with Crippen LogP contribution in [-0.4, -0.2) is 66.3 Å². The van der Waals surface area contributed by atoms with Crippen LogP contribution in [0.2, 0.25) is 0 Å². The summed E-state index contributed by atoms with van der Waals surface area (Å²) in [5, 5.41) is 24.4. The fraction of sp³-hybridized carbons (Fsp3) is 0.621. The van der Waals surface area contributed by atoms with Gasteiger partial charge in [0.15, 0.2) is 0 Å². The van der Waals surface area contributed by atoms with Gasteiger partial charge in [0, 0.05) is 44.7 Å². The lowest BCUT2D eigenvalue weighted by molar-refractivity contribution is -0.137. The zero-order chi connectivity index (χ0) is 28.6. The maximum atomic E-state index is 12.7. The number of aliphatic hydroxyl groups is 1. The van der Waals surface area contributed by atoms with Crippen molar-refractivity contribution in [1.82, 2.24) is 5.32 Å². The second-order valence-corrected chi connectivity index (χ2v) is 11.0. The molecule has 216 valence electrons. The highest BCUT2D eigenvalue weighted by molar-refractivity contribution is 5.90. The SMILES string of the molecule is CO[C@H]1[C@H]([C@H]2OC2CC=C(C)C)[C@@](C)(CO)CC[C@H]1OC(=O)NCc1ccc(NC(=O)CCCC(=O)O)cc1. The molecule has 10 heteroatoms. The summed E-state index contributed by atoms with van der Waals surface area (Å²) >= 11 is 0. The van der Waals surface area contributed by atoms with Crippen molar-refractivity contribution in [2.75, 3.05) is 19.0 Å². The molecule has 2 fully saturated rings. The molecule has 1 aromatic rings. The first kappa shape index (κ1) is 30.6. The number of anilines is 1. The monoisotopic (exact) mass is 546 g/mol. The van der Waals surface area contributed by atoms with E-state index in [1.54, 1.807) is 31.4 Å². The second kappa shape index (κ2) is 13.9. The fourth-order valence-corrected chi connectivity index (χ4v) is 5.32. The third-order valence-electron chi connectivity index (χ3n) is 7.62. The number of allylic oxidation sites excluding steroid dienone is 1. The summed E-state index contributed by atoms with van der Waals surface area (Å²) in [4.78, 5) is 35.2. The number of carbonyl (C=O) groups is 3. The van der Waals surface area contributed by atoms with Crippen LogP contribution >= 0.6 is 0 Å². The molecule has 1 aliphatic heterocycles. The quantitative estimate of drug-likeness (QED) is 0.214. The third kappa shape index (κ3) is 8.78. The number of carbonyl (C=O) groups excluding carboxylic acids is 2. The number of carboxylic acid groups (broad SMARTS) is 1. The van der Waals surface area contributed by atoms with Crippen molar-refractivity contribution in [2.24, 2.45) is 11.3 Å².